The van der Waals surface area contributed by atoms with Crippen LogP contribution in [-0.2, 0) is 9.53 Å². The van der Waals surface area contributed by atoms with Crippen molar-refractivity contribution in [3.63, 3.8) is 0 Å². The first-order chi connectivity index (χ1) is 16.0. The highest BCUT2D eigenvalue weighted by Gasteiger charge is 2.25. The summed E-state index contributed by atoms with van der Waals surface area (Å²) < 4.78 is 10.3. The van der Waals surface area contributed by atoms with Gasteiger partial charge in [0.15, 0.2) is 5.17 Å². The van der Waals surface area contributed by atoms with E-state index in [4.69, 9.17) is 9.47 Å². The van der Waals surface area contributed by atoms with Crippen LogP contribution in [0.5, 0.6) is 5.75 Å². The fourth-order valence-corrected chi connectivity index (χ4v) is 4.30. The molecular formula is C24H21N3O5S. The second-order valence-electron chi connectivity index (χ2n) is 7.08. The highest BCUT2D eigenvalue weighted by molar-refractivity contribution is 8.18. The average Bonchev–Trinajstić information content (AvgIpc) is 3.20. The summed E-state index contributed by atoms with van der Waals surface area (Å²) in [7, 11) is 2.76. The number of esters is 1. The minimum absolute atomic E-state index is 0.178. The Balaban J connectivity index is 1.65. The molecular weight excluding hydrogens is 442 g/mol. The Labute approximate surface area is 194 Å². The quantitative estimate of drug-likeness (QED) is 0.426. The molecule has 168 valence electrons. The number of amides is 1. The molecule has 0 saturated carbocycles. The van der Waals surface area contributed by atoms with Crippen molar-refractivity contribution < 1.29 is 24.2 Å². The molecule has 0 aliphatic carbocycles. The number of carbonyl (C=O) groups is 2. The van der Waals surface area contributed by atoms with Gasteiger partial charge in [0.2, 0.25) is 0 Å². The van der Waals surface area contributed by atoms with E-state index in [2.05, 4.69) is 15.3 Å². The van der Waals surface area contributed by atoms with E-state index in [1.54, 1.807) is 18.2 Å². The first-order valence-corrected chi connectivity index (χ1v) is 10.8. The smallest absolute Gasteiger partial charge is 0.343 e. The predicted octanol–water partition coefficient (Wildman–Crippen LogP) is 3.32. The fourth-order valence-electron chi connectivity index (χ4n) is 3.43. The van der Waals surface area contributed by atoms with Crippen molar-refractivity contribution in [3.05, 3.63) is 76.3 Å². The number of aliphatic imine (C=N–C) groups is 1. The number of pyridine rings is 1. The van der Waals surface area contributed by atoms with Crippen LogP contribution in [0.4, 0.5) is 0 Å². The van der Waals surface area contributed by atoms with E-state index in [1.165, 1.54) is 32.2 Å². The molecule has 2 aromatic carbocycles. The van der Waals surface area contributed by atoms with Gasteiger partial charge in [-0.25, -0.2) is 4.79 Å². The highest BCUT2D eigenvalue weighted by atomic mass is 32.2. The number of hydrogen-bond acceptors (Lipinski definition) is 8. The zero-order valence-electron chi connectivity index (χ0n) is 17.9. The topological polar surface area (TPSA) is 110 Å². The van der Waals surface area contributed by atoms with Crippen LogP contribution < -0.4 is 10.1 Å². The summed E-state index contributed by atoms with van der Waals surface area (Å²) in [5.41, 5.74) is 2.44. The maximum absolute atomic E-state index is 12.5. The maximum atomic E-state index is 12.5. The predicted molar refractivity (Wildman–Crippen MR) is 127 cm³/mol. The van der Waals surface area contributed by atoms with Crippen LogP contribution >= 0.6 is 11.8 Å². The van der Waals surface area contributed by atoms with E-state index < -0.39 is 12.0 Å². The molecule has 2 N–H and O–H groups in total. The Kier molecular flexibility index (Phi) is 6.71. The van der Waals surface area contributed by atoms with Gasteiger partial charge in [0, 0.05) is 11.6 Å². The lowest BCUT2D eigenvalue weighted by Gasteiger charge is -2.10. The Hall–Kier alpha value is -3.69. The van der Waals surface area contributed by atoms with Crippen LogP contribution in [0.15, 0.2) is 64.6 Å². The molecule has 4 rings (SSSR count). The second-order valence-corrected chi connectivity index (χ2v) is 8.11. The molecule has 1 aromatic heterocycles. The number of aromatic nitrogens is 1. The molecule has 1 aliphatic rings. The molecule has 9 heteroatoms. The van der Waals surface area contributed by atoms with E-state index in [0.29, 0.717) is 26.7 Å². The molecule has 1 saturated heterocycles. The number of fused-ring (bicyclic) bond motifs is 1. The maximum Gasteiger partial charge on any atom is 0.343 e. The number of carbonyl (C=O) groups excluding carboxylic acids is 2. The molecule has 1 atom stereocenters. The van der Waals surface area contributed by atoms with Gasteiger partial charge in [-0.3, -0.25) is 14.8 Å². The van der Waals surface area contributed by atoms with Crippen molar-refractivity contribution in [2.75, 3.05) is 20.8 Å². The summed E-state index contributed by atoms with van der Waals surface area (Å²) in [6, 6.07) is 14.3. The lowest BCUT2D eigenvalue weighted by molar-refractivity contribution is -0.115. The van der Waals surface area contributed by atoms with Crippen LogP contribution in [0.1, 0.15) is 27.5 Å². The summed E-state index contributed by atoms with van der Waals surface area (Å²) in [4.78, 5) is 33.8. The van der Waals surface area contributed by atoms with Crippen molar-refractivity contribution >= 4 is 45.8 Å². The van der Waals surface area contributed by atoms with Crippen molar-refractivity contribution in [3.8, 4) is 5.75 Å². The standard InChI is InChI=1S/C24H21N3O5S/c1-31-21-16-10-14(8-9-18(16)25-12-17(21)23(30)32-2)11-20-22(29)27-24(33-20)26-19(13-28)15-6-4-3-5-7-15/h3-12,19,28H,13H2,1-2H3,(H,26,27,29)/b20-11-/t19-/m0/s1. The number of rotatable bonds is 6. The Morgan fingerprint density at radius 3 is 2.73 bits per heavy atom. The van der Waals surface area contributed by atoms with Crippen LogP contribution in [0.3, 0.4) is 0 Å². The summed E-state index contributed by atoms with van der Waals surface area (Å²) in [5.74, 6) is -0.475. The molecule has 2 heterocycles. The normalized spacial score (nSPS) is 16.8. The molecule has 0 spiro atoms. The van der Waals surface area contributed by atoms with Gasteiger partial charge in [-0.2, -0.15) is 0 Å². The van der Waals surface area contributed by atoms with Crippen molar-refractivity contribution in [1.82, 2.24) is 10.3 Å². The number of methoxy groups -OCH3 is 2. The highest BCUT2D eigenvalue weighted by Crippen LogP contribution is 2.32. The molecule has 1 fully saturated rings. The Morgan fingerprint density at radius 2 is 2.03 bits per heavy atom. The SMILES string of the molecule is COC(=O)c1cnc2ccc(/C=C3\SC(=N[C@@H](CO)c4ccccc4)NC3=O)cc2c1OC. The van der Waals surface area contributed by atoms with Gasteiger partial charge in [-0.1, -0.05) is 36.4 Å². The average molecular weight is 464 g/mol. The molecule has 3 aromatic rings. The molecule has 0 unspecified atom stereocenters. The molecule has 1 amide bonds. The van der Waals surface area contributed by atoms with Crippen LogP contribution in [-0.4, -0.2) is 48.0 Å². The number of nitrogens with zero attached hydrogens (tertiary/aromatic N) is 2. The summed E-state index contributed by atoms with van der Waals surface area (Å²) in [6.45, 7) is -0.178. The van der Waals surface area contributed by atoms with E-state index in [1.807, 2.05) is 36.4 Å². The van der Waals surface area contributed by atoms with Crippen LogP contribution in [0.25, 0.3) is 17.0 Å². The monoisotopic (exact) mass is 463 g/mol. The van der Waals surface area contributed by atoms with E-state index >= 15 is 0 Å². The molecule has 0 radical (unpaired) electrons. The summed E-state index contributed by atoms with van der Waals surface area (Å²) in [6.07, 6.45) is 3.14. The van der Waals surface area contributed by atoms with Crippen molar-refractivity contribution in [1.29, 1.82) is 0 Å². The van der Waals surface area contributed by atoms with E-state index in [0.717, 1.165) is 11.1 Å². The number of benzene rings is 2. The zero-order chi connectivity index (χ0) is 23.4. The van der Waals surface area contributed by atoms with Crippen molar-refractivity contribution in [2.45, 2.75) is 6.04 Å². The van der Waals surface area contributed by atoms with Gasteiger partial charge < -0.3 is 19.9 Å². The third-order valence-electron chi connectivity index (χ3n) is 5.03. The van der Waals surface area contributed by atoms with Crippen LogP contribution in [0, 0.1) is 0 Å². The largest absolute Gasteiger partial charge is 0.495 e. The Bertz CT molecular complexity index is 1270. The zero-order valence-corrected chi connectivity index (χ0v) is 18.8. The van der Waals surface area contributed by atoms with Gasteiger partial charge >= 0.3 is 5.97 Å². The minimum atomic E-state index is -0.548. The third kappa shape index (κ3) is 4.74. The van der Waals surface area contributed by atoms with Gasteiger partial charge in [-0.05, 0) is 41.1 Å². The fraction of sp³-hybridized carbons (Fsp3) is 0.167. The number of amidine groups is 1. The summed E-state index contributed by atoms with van der Waals surface area (Å²) in [5, 5.41) is 13.5. The van der Waals surface area contributed by atoms with Gasteiger partial charge in [0.1, 0.15) is 17.4 Å². The Morgan fingerprint density at radius 1 is 1.24 bits per heavy atom. The number of thioether (sulfide) groups is 1. The minimum Gasteiger partial charge on any atom is -0.495 e. The molecule has 33 heavy (non-hydrogen) atoms. The summed E-state index contributed by atoms with van der Waals surface area (Å²) >= 11 is 1.20. The lowest BCUT2D eigenvalue weighted by Crippen LogP contribution is -2.21. The number of ether oxygens (including phenoxy) is 2. The molecule has 0 bridgehead atoms. The first kappa shape index (κ1) is 22.5. The number of aliphatic hydroxyl groups excluding tert-OH is 1. The molecule has 1 aliphatic heterocycles. The molecule has 8 nitrogen and oxygen atoms in total. The number of nitrogens with one attached hydrogen (secondary N) is 1. The third-order valence-corrected chi connectivity index (χ3v) is 5.96. The van der Waals surface area contributed by atoms with Gasteiger partial charge in [0.05, 0.1) is 31.2 Å². The van der Waals surface area contributed by atoms with Gasteiger partial charge in [-0.15, -0.1) is 0 Å². The van der Waals surface area contributed by atoms with E-state index in [9.17, 15) is 14.7 Å². The van der Waals surface area contributed by atoms with Crippen LogP contribution in [0.2, 0.25) is 0 Å². The number of aliphatic hydroxyl groups is 1. The van der Waals surface area contributed by atoms with Crippen molar-refractivity contribution in [2.24, 2.45) is 4.99 Å². The second kappa shape index (κ2) is 9.85. The van der Waals surface area contributed by atoms with E-state index in [-0.39, 0.29) is 18.1 Å². The number of hydrogen-bond donors (Lipinski definition) is 2. The lowest BCUT2D eigenvalue weighted by atomic mass is 10.1. The first-order valence-electron chi connectivity index (χ1n) is 10.0. The van der Waals surface area contributed by atoms with Gasteiger partial charge in [0.25, 0.3) is 5.91 Å².